The van der Waals surface area contributed by atoms with Gasteiger partial charge in [0.1, 0.15) is 0 Å². The van der Waals surface area contributed by atoms with Crippen molar-refractivity contribution in [1.82, 2.24) is 5.32 Å². The van der Waals surface area contributed by atoms with E-state index in [2.05, 4.69) is 26.1 Å². The summed E-state index contributed by atoms with van der Waals surface area (Å²) in [7, 11) is 1.03. The molecule has 4 heteroatoms. The molecule has 0 aliphatic rings. The molecule has 0 aromatic heterocycles. The number of hydrogen-bond acceptors (Lipinski definition) is 3. The molecule has 0 aliphatic heterocycles. The molecule has 0 spiro atoms. The van der Waals surface area contributed by atoms with Gasteiger partial charge in [-0.05, 0) is 40.2 Å². The average Bonchev–Trinajstić information content (AvgIpc) is 2.16. The Hall–Kier alpha value is 0.0700. The molecule has 0 bridgehead atoms. The number of methoxy groups -OCH3 is 1. The Morgan fingerprint density at radius 2 is 1.94 bits per heavy atom. The van der Waals surface area contributed by atoms with Crippen molar-refractivity contribution < 1.29 is 8.95 Å². The lowest BCUT2D eigenvalue weighted by molar-refractivity contribution is 0.00861. The minimum atomic E-state index is -0.710. The Morgan fingerprint density at radius 3 is 2.38 bits per heavy atom. The Morgan fingerprint density at radius 1 is 1.38 bits per heavy atom. The van der Waals surface area contributed by atoms with Gasteiger partial charge >= 0.3 is 0 Å². The molecule has 0 saturated carbocycles. The molecule has 0 heterocycles. The second-order valence-electron chi connectivity index (χ2n) is 5.12. The van der Waals surface area contributed by atoms with Gasteiger partial charge in [0.25, 0.3) is 0 Å². The van der Waals surface area contributed by atoms with Gasteiger partial charge in [-0.25, -0.2) is 0 Å². The summed E-state index contributed by atoms with van der Waals surface area (Å²) in [6.45, 7) is 9.29. The van der Waals surface area contributed by atoms with E-state index in [1.807, 2.05) is 6.92 Å². The molecule has 0 aromatic carbocycles. The van der Waals surface area contributed by atoms with E-state index in [1.165, 1.54) is 0 Å². The lowest BCUT2D eigenvalue weighted by Gasteiger charge is -2.27. The van der Waals surface area contributed by atoms with Crippen LogP contribution in [0.25, 0.3) is 0 Å². The first-order chi connectivity index (χ1) is 7.28. The molecule has 0 aliphatic carbocycles. The van der Waals surface area contributed by atoms with Crippen LogP contribution in [-0.2, 0) is 15.5 Å². The predicted molar refractivity (Wildman–Crippen MR) is 71.3 cm³/mol. The van der Waals surface area contributed by atoms with Crippen molar-refractivity contribution in [2.45, 2.75) is 57.4 Å². The van der Waals surface area contributed by atoms with Gasteiger partial charge in [0.15, 0.2) is 0 Å². The van der Waals surface area contributed by atoms with Gasteiger partial charge in [0, 0.05) is 35.5 Å². The van der Waals surface area contributed by atoms with Crippen molar-refractivity contribution in [2.75, 3.05) is 19.9 Å². The molecular weight excluding hydrogens is 222 g/mol. The monoisotopic (exact) mass is 249 g/mol. The summed E-state index contributed by atoms with van der Waals surface area (Å²) in [6, 6.07) is 0.424. The van der Waals surface area contributed by atoms with E-state index in [-0.39, 0.29) is 10.9 Å². The van der Waals surface area contributed by atoms with Crippen molar-refractivity contribution in [1.29, 1.82) is 0 Å². The first-order valence-electron chi connectivity index (χ1n) is 5.89. The fraction of sp³-hybridized carbons (Fsp3) is 1.00. The second kappa shape index (κ2) is 7.41. The molecule has 1 N–H and O–H groups in total. The van der Waals surface area contributed by atoms with Crippen molar-refractivity contribution in [3.8, 4) is 0 Å². The molecule has 16 heavy (non-hydrogen) atoms. The quantitative estimate of drug-likeness (QED) is 0.714. The predicted octanol–water partition coefficient (Wildman–Crippen LogP) is 1.94. The van der Waals surface area contributed by atoms with Gasteiger partial charge in [-0.15, -0.1) is 0 Å². The zero-order valence-electron chi connectivity index (χ0n) is 11.5. The van der Waals surface area contributed by atoms with Crippen LogP contribution in [0.15, 0.2) is 0 Å². The smallest absolute Gasteiger partial charge is 0.0637 e. The summed E-state index contributed by atoms with van der Waals surface area (Å²) in [5.74, 6) is 0. The maximum absolute atomic E-state index is 11.2. The van der Waals surface area contributed by atoms with Crippen LogP contribution in [0.4, 0.5) is 0 Å². The standard InChI is InChI=1S/C12H27NO2S/c1-10(9-12(3,4)15-5)13-8-7-11(2)16(6)14/h10-11,13H,7-9H2,1-6H3. The molecule has 0 amide bonds. The third-order valence-electron chi connectivity index (χ3n) is 2.96. The third-order valence-corrected chi connectivity index (χ3v) is 4.33. The SMILES string of the molecule is COC(C)(C)CC(C)NCCC(C)S(C)=O. The van der Waals surface area contributed by atoms with E-state index in [4.69, 9.17) is 4.74 Å². The minimum Gasteiger partial charge on any atom is -0.379 e. The van der Waals surface area contributed by atoms with Crippen LogP contribution >= 0.6 is 0 Å². The highest BCUT2D eigenvalue weighted by molar-refractivity contribution is 7.84. The van der Waals surface area contributed by atoms with E-state index in [0.717, 1.165) is 19.4 Å². The van der Waals surface area contributed by atoms with Crippen LogP contribution in [-0.4, -0.2) is 41.0 Å². The minimum absolute atomic E-state index is 0.0778. The molecule has 0 rings (SSSR count). The van der Waals surface area contributed by atoms with Gasteiger partial charge < -0.3 is 10.1 Å². The summed E-state index contributed by atoms with van der Waals surface area (Å²) in [5, 5.41) is 3.72. The van der Waals surface area contributed by atoms with Gasteiger partial charge in [-0.3, -0.25) is 4.21 Å². The van der Waals surface area contributed by atoms with E-state index in [1.54, 1.807) is 13.4 Å². The Bertz CT molecular complexity index is 219. The fourth-order valence-corrected chi connectivity index (χ4v) is 2.04. The first kappa shape index (κ1) is 16.1. The lowest BCUT2D eigenvalue weighted by atomic mass is 10.00. The van der Waals surface area contributed by atoms with Crippen LogP contribution in [0.5, 0.6) is 0 Å². The second-order valence-corrected chi connectivity index (χ2v) is 6.92. The maximum Gasteiger partial charge on any atom is 0.0637 e. The van der Waals surface area contributed by atoms with Crippen LogP contribution in [0.3, 0.4) is 0 Å². The average molecular weight is 249 g/mol. The summed E-state index contributed by atoms with van der Waals surface area (Å²) >= 11 is 0. The van der Waals surface area contributed by atoms with Gasteiger partial charge in [-0.2, -0.15) is 0 Å². The zero-order chi connectivity index (χ0) is 12.8. The molecular formula is C12H27NO2S. The van der Waals surface area contributed by atoms with Crippen LogP contribution in [0.1, 0.15) is 40.5 Å². The fourth-order valence-electron chi connectivity index (χ4n) is 1.59. The highest BCUT2D eigenvalue weighted by atomic mass is 32.2. The molecule has 3 unspecified atom stereocenters. The maximum atomic E-state index is 11.2. The van der Waals surface area contributed by atoms with Crippen LogP contribution in [0, 0.1) is 0 Å². The van der Waals surface area contributed by atoms with E-state index < -0.39 is 10.8 Å². The Balaban J connectivity index is 3.74. The zero-order valence-corrected chi connectivity index (χ0v) is 12.3. The highest BCUT2D eigenvalue weighted by Crippen LogP contribution is 2.15. The number of ether oxygens (including phenoxy) is 1. The van der Waals surface area contributed by atoms with E-state index >= 15 is 0 Å². The largest absolute Gasteiger partial charge is 0.379 e. The summed E-state index contributed by atoms with van der Waals surface area (Å²) < 4.78 is 16.5. The van der Waals surface area contributed by atoms with Crippen molar-refractivity contribution in [3.05, 3.63) is 0 Å². The summed E-state index contributed by atoms with van der Waals surface area (Å²) in [4.78, 5) is 0. The van der Waals surface area contributed by atoms with Gasteiger partial charge in [-0.1, -0.05) is 6.92 Å². The molecule has 3 nitrogen and oxygen atoms in total. The van der Waals surface area contributed by atoms with Crippen LogP contribution in [0.2, 0.25) is 0 Å². The molecule has 98 valence electrons. The van der Waals surface area contributed by atoms with Gasteiger partial charge in [0.05, 0.1) is 5.60 Å². The van der Waals surface area contributed by atoms with Crippen molar-refractivity contribution >= 4 is 10.8 Å². The molecule has 0 saturated heterocycles. The van der Waals surface area contributed by atoms with E-state index in [0.29, 0.717) is 6.04 Å². The van der Waals surface area contributed by atoms with E-state index in [9.17, 15) is 4.21 Å². The Labute approximate surface area is 103 Å². The molecule has 0 radical (unpaired) electrons. The molecule has 3 atom stereocenters. The molecule has 0 fully saturated rings. The number of nitrogens with one attached hydrogen (secondary N) is 1. The molecule has 0 aromatic rings. The van der Waals surface area contributed by atoms with Crippen LogP contribution < -0.4 is 5.32 Å². The first-order valence-corrected chi connectivity index (χ1v) is 7.51. The van der Waals surface area contributed by atoms with Crippen molar-refractivity contribution in [3.63, 3.8) is 0 Å². The normalized spacial score (nSPS) is 18.1. The van der Waals surface area contributed by atoms with Gasteiger partial charge in [0.2, 0.25) is 0 Å². The topological polar surface area (TPSA) is 38.3 Å². The Kier molecular flexibility index (Phi) is 7.44. The summed E-state index contributed by atoms with van der Waals surface area (Å²) in [5.41, 5.74) is -0.0778. The number of hydrogen-bond donors (Lipinski definition) is 1. The van der Waals surface area contributed by atoms with Crippen molar-refractivity contribution in [2.24, 2.45) is 0 Å². The highest BCUT2D eigenvalue weighted by Gasteiger charge is 2.19. The third kappa shape index (κ3) is 7.36. The number of rotatable bonds is 8. The summed E-state index contributed by atoms with van der Waals surface area (Å²) in [6.07, 6.45) is 3.70. The lowest BCUT2D eigenvalue weighted by Crippen LogP contribution is -2.36.